The SMILES string of the molecule is CCC1CCC(NC(=O)NCC(C)OC)(C(=O)O)CC1. The van der Waals surface area contributed by atoms with Gasteiger partial charge in [-0.05, 0) is 38.5 Å². The zero-order valence-corrected chi connectivity index (χ0v) is 12.6. The van der Waals surface area contributed by atoms with Crippen molar-refractivity contribution < 1.29 is 19.4 Å². The van der Waals surface area contributed by atoms with Gasteiger partial charge in [0.1, 0.15) is 5.54 Å². The van der Waals surface area contributed by atoms with E-state index in [9.17, 15) is 14.7 Å². The average Bonchev–Trinajstić information content (AvgIpc) is 2.45. The first-order chi connectivity index (χ1) is 9.43. The van der Waals surface area contributed by atoms with Gasteiger partial charge in [-0.15, -0.1) is 0 Å². The molecule has 0 spiro atoms. The fraction of sp³-hybridized carbons (Fsp3) is 0.857. The molecule has 0 aliphatic heterocycles. The third kappa shape index (κ3) is 4.37. The molecule has 1 fully saturated rings. The molecule has 1 aliphatic rings. The van der Waals surface area contributed by atoms with Gasteiger partial charge in [0.25, 0.3) is 0 Å². The molecule has 1 rings (SSSR count). The number of carbonyl (C=O) groups excluding carboxylic acids is 1. The van der Waals surface area contributed by atoms with Crippen LogP contribution in [-0.4, -0.2) is 42.4 Å². The molecule has 1 unspecified atom stereocenters. The Hall–Kier alpha value is -1.30. The maximum atomic E-state index is 11.9. The minimum atomic E-state index is -1.12. The van der Waals surface area contributed by atoms with Crippen molar-refractivity contribution in [3.8, 4) is 0 Å². The summed E-state index contributed by atoms with van der Waals surface area (Å²) >= 11 is 0. The fourth-order valence-corrected chi connectivity index (χ4v) is 2.55. The van der Waals surface area contributed by atoms with Crippen LogP contribution in [0.3, 0.4) is 0 Å². The van der Waals surface area contributed by atoms with Crippen molar-refractivity contribution in [2.24, 2.45) is 5.92 Å². The summed E-state index contributed by atoms with van der Waals surface area (Å²) in [6, 6.07) is -0.439. The van der Waals surface area contributed by atoms with Crippen LogP contribution >= 0.6 is 0 Å². The predicted molar refractivity (Wildman–Crippen MR) is 75.6 cm³/mol. The van der Waals surface area contributed by atoms with Crippen LogP contribution in [0, 0.1) is 5.92 Å². The van der Waals surface area contributed by atoms with Crippen LogP contribution in [0.4, 0.5) is 4.79 Å². The van der Waals surface area contributed by atoms with Crippen molar-refractivity contribution in [2.45, 2.75) is 57.6 Å². The van der Waals surface area contributed by atoms with Crippen LogP contribution < -0.4 is 10.6 Å². The second-order valence-electron chi connectivity index (χ2n) is 5.62. The van der Waals surface area contributed by atoms with Crippen LogP contribution in [0.15, 0.2) is 0 Å². The van der Waals surface area contributed by atoms with Gasteiger partial charge in [-0.1, -0.05) is 13.3 Å². The van der Waals surface area contributed by atoms with Crippen molar-refractivity contribution in [1.29, 1.82) is 0 Å². The molecule has 1 saturated carbocycles. The second kappa shape index (κ2) is 7.47. The van der Waals surface area contributed by atoms with E-state index in [-0.39, 0.29) is 6.10 Å². The van der Waals surface area contributed by atoms with Gasteiger partial charge in [-0.2, -0.15) is 0 Å². The van der Waals surface area contributed by atoms with E-state index >= 15 is 0 Å². The molecule has 6 heteroatoms. The first-order valence-electron chi connectivity index (χ1n) is 7.25. The summed E-state index contributed by atoms with van der Waals surface area (Å²) < 4.78 is 5.03. The normalized spacial score (nSPS) is 27.6. The van der Waals surface area contributed by atoms with Crippen LogP contribution in [0.5, 0.6) is 0 Å². The number of hydrogen-bond acceptors (Lipinski definition) is 3. The zero-order valence-electron chi connectivity index (χ0n) is 12.6. The molecule has 3 N–H and O–H groups in total. The van der Waals surface area contributed by atoms with Crippen LogP contribution in [0.2, 0.25) is 0 Å². The minimum absolute atomic E-state index is 0.0997. The molecule has 0 aromatic carbocycles. The fourth-order valence-electron chi connectivity index (χ4n) is 2.55. The molecule has 0 heterocycles. The maximum Gasteiger partial charge on any atom is 0.329 e. The lowest BCUT2D eigenvalue weighted by Crippen LogP contribution is -2.59. The van der Waals surface area contributed by atoms with Gasteiger partial charge >= 0.3 is 12.0 Å². The van der Waals surface area contributed by atoms with Gasteiger partial charge in [0, 0.05) is 13.7 Å². The van der Waals surface area contributed by atoms with Gasteiger partial charge < -0.3 is 20.5 Å². The third-order valence-corrected chi connectivity index (χ3v) is 4.25. The van der Waals surface area contributed by atoms with Gasteiger partial charge in [-0.25, -0.2) is 9.59 Å². The molecule has 0 aromatic rings. The van der Waals surface area contributed by atoms with Crippen molar-refractivity contribution in [1.82, 2.24) is 10.6 Å². The molecule has 6 nitrogen and oxygen atoms in total. The lowest BCUT2D eigenvalue weighted by atomic mass is 9.75. The average molecular weight is 286 g/mol. The summed E-state index contributed by atoms with van der Waals surface area (Å²) in [5.74, 6) is -0.372. The van der Waals surface area contributed by atoms with E-state index in [1.165, 1.54) is 0 Å². The molecule has 0 saturated heterocycles. The molecule has 116 valence electrons. The highest BCUT2D eigenvalue weighted by molar-refractivity contribution is 5.86. The third-order valence-electron chi connectivity index (χ3n) is 4.25. The van der Waals surface area contributed by atoms with E-state index in [4.69, 9.17) is 4.74 Å². The molecule has 1 aliphatic carbocycles. The lowest BCUT2D eigenvalue weighted by molar-refractivity contribution is -0.146. The molecule has 1 atom stereocenters. The Kier molecular flexibility index (Phi) is 6.26. The monoisotopic (exact) mass is 286 g/mol. The number of urea groups is 1. The summed E-state index contributed by atoms with van der Waals surface area (Å²) in [5, 5.41) is 14.8. The van der Waals surface area contributed by atoms with E-state index in [0.29, 0.717) is 25.3 Å². The minimum Gasteiger partial charge on any atom is -0.480 e. The standard InChI is InChI=1S/C14H26N2O4/c1-4-11-5-7-14(8-6-11,12(17)18)16-13(19)15-9-10(2)20-3/h10-11H,4-9H2,1-3H3,(H,17,18)(H2,15,16,19). The Morgan fingerprint density at radius 1 is 1.40 bits per heavy atom. The summed E-state index contributed by atoms with van der Waals surface area (Å²) in [7, 11) is 1.56. The Bertz CT molecular complexity index is 338. The van der Waals surface area contributed by atoms with E-state index < -0.39 is 17.5 Å². The van der Waals surface area contributed by atoms with Gasteiger partial charge in [-0.3, -0.25) is 0 Å². The highest BCUT2D eigenvalue weighted by Crippen LogP contribution is 2.33. The van der Waals surface area contributed by atoms with Crippen LogP contribution in [0.25, 0.3) is 0 Å². The molecule has 0 bridgehead atoms. The highest BCUT2D eigenvalue weighted by Gasteiger charge is 2.42. The largest absolute Gasteiger partial charge is 0.480 e. The molecule has 0 radical (unpaired) electrons. The Morgan fingerprint density at radius 2 is 2.00 bits per heavy atom. The smallest absolute Gasteiger partial charge is 0.329 e. The number of hydrogen-bond donors (Lipinski definition) is 3. The molecular formula is C14H26N2O4. The van der Waals surface area contributed by atoms with Gasteiger partial charge in [0.05, 0.1) is 6.10 Å². The van der Waals surface area contributed by atoms with Gasteiger partial charge in [0.15, 0.2) is 0 Å². The molecule has 20 heavy (non-hydrogen) atoms. The van der Waals surface area contributed by atoms with Crippen LogP contribution in [-0.2, 0) is 9.53 Å². The van der Waals surface area contributed by atoms with E-state index in [2.05, 4.69) is 17.6 Å². The zero-order chi connectivity index (χ0) is 15.2. The number of carboxylic acid groups (broad SMARTS) is 1. The van der Waals surface area contributed by atoms with E-state index in [0.717, 1.165) is 19.3 Å². The number of rotatable bonds is 6. The maximum absolute atomic E-state index is 11.9. The summed E-state index contributed by atoms with van der Waals surface area (Å²) in [5.41, 5.74) is -1.12. The number of amides is 2. The van der Waals surface area contributed by atoms with Gasteiger partial charge in [0.2, 0.25) is 0 Å². The molecular weight excluding hydrogens is 260 g/mol. The summed E-state index contributed by atoms with van der Waals surface area (Å²) in [6.45, 7) is 4.31. The Morgan fingerprint density at radius 3 is 2.45 bits per heavy atom. The van der Waals surface area contributed by atoms with E-state index in [1.54, 1.807) is 7.11 Å². The number of methoxy groups -OCH3 is 1. The topological polar surface area (TPSA) is 87.7 Å². The lowest BCUT2D eigenvalue weighted by Gasteiger charge is -2.37. The predicted octanol–water partition coefficient (Wildman–Crippen LogP) is 1.74. The Balaban J connectivity index is 2.55. The van der Waals surface area contributed by atoms with Crippen molar-refractivity contribution in [3.63, 3.8) is 0 Å². The van der Waals surface area contributed by atoms with E-state index in [1.807, 2.05) is 6.92 Å². The number of carbonyl (C=O) groups is 2. The molecule has 0 aromatic heterocycles. The number of ether oxygens (including phenoxy) is 1. The van der Waals surface area contributed by atoms with Crippen molar-refractivity contribution >= 4 is 12.0 Å². The quantitative estimate of drug-likeness (QED) is 0.694. The summed E-state index contributed by atoms with van der Waals surface area (Å²) in [6.07, 6.45) is 3.64. The number of aliphatic carboxylic acids is 1. The second-order valence-corrected chi connectivity index (χ2v) is 5.62. The highest BCUT2D eigenvalue weighted by atomic mass is 16.5. The van der Waals surface area contributed by atoms with Crippen LogP contribution in [0.1, 0.15) is 46.0 Å². The first-order valence-corrected chi connectivity index (χ1v) is 7.25. The van der Waals surface area contributed by atoms with Crippen molar-refractivity contribution in [2.75, 3.05) is 13.7 Å². The summed E-state index contributed by atoms with van der Waals surface area (Å²) in [4.78, 5) is 23.4. The molecule has 2 amide bonds. The number of nitrogens with one attached hydrogen (secondary N) is 2. The first kappa shape index (κ1) is 16.8. The Labute approximate surface area is 120 Å². The van der Waals surface area contributed by atoms with Crippen molar-refractivity contribution in [3.05, 3.63) is 0 Å². The number of carboxylic acids is 1.